The zero-order chi connectivity index (χ0) is 9.10. The minimum Gasteiger partial charge on any atom is -0.307 e. The predicted octanol–water partition coefficient (Wildman–Crippen LogP) is 2.04. The van der Waals surface area contributed by atoms with E-state index in [2.05, 4.69) is 5.32 Å². The van der Waals surface area contributed by atoms with E-state index in [4.69, 9.17) is 0 Å². The van der Waals surface area contributed by atoms with E-state index in [0.29, 0.717) is 0 Å². The molecule has 1 N–H and O–H groups in total. The number of hydrogen-bond donors (Lipinski definition) is 1. The molecule has 1 heterocycles. The van der Waals surface area contributed by atoms with Gasteiger partial charge in [-0.2, -0.15) is 0 Å². The minimum absolute atomic E-state index is 0. The lowest BCUT2D eigenvalue weighted by Gasteiger charge is -2.07. The molecule has 0 aliphatic carbocycles. The Morgan fingerprint density at radius 1 is 1.29 bits per heavy atom. The molecule has 1 aromatic carbocycles. The summed E-state index contributed by atoms with van der Waals surface area (Å²) < 4.78 is 0. The van der Waals surface area contributed by atoms with Crippen molar-refractivity contribution in [3.8, 4) is 0 Å². The molecule has 0 aromatic heterocycles. The quantitative estimate of drug-likeness (QED) is 0.759. The summed E-state index contributed by atoms with van der Waals surface area (Å²) in [4.78, 5) is 11.8. The average molecular weight is 212 g/mol. The first-order chi connectivity index (χ1) is 6.38. The Kier molecular flexibility index (Phi) is 4.11. The molecule has 1 saturated heterocycles. The van der Waals surface area contributed by atoms with Gasteiger partial charge in [-0.3, -0.25) is 4.79 Å². The van der Waals surface area contributed by atoms with Gasteiger partial charge in [0.15, 0.2) is 5.78 Å². The lowest BCUT2D eigenvalue weighted by Crippen LogP contribution is -2.30. The third kappa shape index (κ3) is 2.34. The Hall–Kier alpha value is -0.860. The van der Waals surface area contributed by atoms with Crippen LogP contribution in [-0.2, 0) is 0 Å². The Morgan fingerprint density at radius 3 is 2.57 bits per heavy atom. The van der Waals surface area contributed by atoms with Gasteiger partial charge in [0.1, 0.15) is 0 Å². The molecule has 0 amide bonds. The first-order valence-corrected chi connectivity index (χ1v) is 4.70. The van der Waals surface area contributed by atoms with Crippen molar-refractivity contribution in [3.63, 3.8) is 0 Å². The summed E-state index contributed by atoms with van der Waals surface area (Å²) in [5.74, 6) is 0.234. The summed E-state index contributed by atoms with van der Waals surface area (Å²) in [5, 5.41) is 3.21. The number of rotatable bonds is 2. The van der Waals surface area contributed by atoms with Crippen LogP contribution in [0.5, 0.6) is 0 Å². The van der Waals surface area contributed by atoms with Crippen LogP contribution in [0, 0.1) is 0 Å². The van der Waals surface area contributed by atoms with Crippen LogP contribution >= 0.6 is 12.4 Å². The predicted molar refractivity (Wildman–Crippen MR) is 59.0 cm³/mol. The van der Waals surface area contributed by atoms with Crippen LogP contribution in [0.1, 0.15) is 23.2 Å². The van der Waals surface area contributed by atoms with Gasteiger partial charge >= 0.3 is 0 Å². The topological polar surface area (TPSA) is 29.1 Å². The maximum atomic E-state index is 11.8. The van der Waals surface area contributed by atoms with Crippen LogP contribution in [0.25, 0.3) is 0 Å². The van der Waals surface area contributed by atoms with E-state index in [1.54, 1.807) is 0 Å². The van der Waals surface area contributed by atoms with Gasteiger partial charge in [-0.1, -0.05) is 30.3 Å². The molecule has 0 unspecified atom stereocenters. The van der Waals surface area contributed by atoms with E-state index in [1.807, 2.05) is 30.3 Å². The fourth-order valence-electron chi connectivity index (χ4n) is 1.71. The number of benzene rings is 1. The van der Waals surface area contributed by atoms with Crippen molar-refractivity contribution in [1.29, 1.82) is 0 Å². The van der Waals surface area contributed by atoms with Crippen LogP contribution in [-0.4, -0.2) is 18.4 Å². The summed E-state index contributed by atoms with van der Waals surface area (Å²) in [6.45, 7) is 0.975. The van der Waals surface area contributed by atoms with E-state index in [9.17, 15) is 4.79 Å². The smallest absolute Gasteiger partial charge is 0.179 e. The van der Waals surface area contributed by atoms with Crippen molar-refractivity contribution >= 4 is 18.2 Å². The highest BCUT2D eigenvalue weighted by Crippen LogP contribution is 2.11. The Labute approximate surface area is 90.1 Å². The van der Waals surface area contributed by atoms with Gasteiger partial charge in [-0.15, -0.1) is 12.4 Å². The van der Waals surface area contributed by atoms with Crippen LogP contribution in [0.4, 0.5) is 0 Å². The van der Waals surface area contributed by atoms with Crippen LogP contribution < -0.4 is 5.32 Å². The van der Waals surface area contributed by atoms with E-state index >= 15 is 0 Å². The van der Waals surface area contributed by atoms with E-state index in [0.717, 1.165) is 24.9 Å². The van der Waals surface area contributed by atoms with Crippen molar-refractivity contribution in [3.05, 3.63) is 35.9 Å². The molecule has 76 valence electrons. The molecule has 1 aliphatic heterocycles. The first-order valence-electron chi connectivity index (χ1n) is 4.70. The number of nitrogens with one attached hydrogen (secondary N) is 1. The molecule has 0 saturated carbocycles. The van der Waals surface area contributed by atoms with Gasteiger partial charge < -0.3 is 5.32 Å². The molecule has 14 heavy (non-hydrogen) atoms. The third-order valence-electron chi connectivity index (χ3n) is 2.44. The second-order valence-electron chi connectivity index (χ2n) is 3.38. The Morgan fingerprint density at radius 2 is 2.00 bits per heavy atom. The normalized spacial score (nSPS) is 20.1. The molecule has 0 bridgehead atoms. The fourth-order valence-corrected chi connectivity index (χ4v) is 1.71. The van der Waals surface area contributed by atoms with Crippen molar-refractivity contribution in [2.45, 2.75) is 18.9 Å². The van der Waals surface area contributed by atoms with Crippen LogP contribution in [0.15, 0.2) is 30.3 Å². The molecule has 0 spiro atoms. The van der Waals surface area contributed by atoms with E-state index in [1.165, 1.54) is 0 Å². The Bertz CT molecular complexity index is 293. The molecule has 3 heteroatoms. The maximum absolute atomic E-state index is 11.8. The molecule has 2 rings (SSSR count). The van der Waals surface area contributed by atoms with Crippen molar-refractivity contribution in [1.82, 2.24) is 5.32 Å². The number of ketones is 1. The summed E-state index contributed by atoms with van der Waals surface area (Å²) in [6, 6.07) is 9.55. The van der Waals surface area contributed by atoms with E-state index < -0.39 is 0 Å². The van der Waals surface area contributed by atoms with Crippen LogP contribution in [0.2, 0.25) is 0 Å². The largest absolute Gasteiger partial charge is 0.307 e. The minimum atomic E-state index is 0. The maximum Gasteiger partial charge on any atom is 0.179 e. The summed E-state index contributed by atoms with van der Waals surface area (Å²) in [6.07, 6.45) is 2.09. The van der Waals surface area contributed by atoms with Gasteiger partial charge in [0.2, 0.25) is 0 Å². The lowest BCUT2D eigenvalue weighted by molar-refractivity contribution is 0.0952. The number of halogens is 1. The van der Waals surface area contributed by atoms with E-state index in [-0.39, 0.29) is 24.2 Å². The van der Waals surface area contributed by atoms with Gasteiger partial charge in [0, 0.05) is 5.56 Å². The van der Waals surface area contributed by atoms with Crippen molar-refractivity contribution in [2.75, 3.05) is 6.54 Å². The summed E-state index contributed by atoms with van der Waals surface area (Å²) in [5.41, 5.74) is 0.821. The summed E-state index contributed by atoms with van der Waals surface area (Å²) in [7, 11) is 0. The van der Waals surface area contributed by atoms with Gasteiger partial charge in [0.25, 0.3) is 0 Å². The Balaban J connectivity index is 0.000000980. The number of Topliss-reactive ketones (excluding diaryl/α,β-unsaturated/α-hetero) is 1. The highest BCUT2D eigenvalue weighted by atomic mass is 35.5. The molecular weight excluding hydrogens is 198 g/mol. The SMILES string of the molecule is Cl.O=C(c1ccccc1)[C@@H]1CCCN1. The zero-order valence-corrected chi connectivity index (χ0v) is 8.72. The number of hydrogen-bond acceptors (Lipinski definition) is 2. The third-order valence-corrected chi connectivity index (χ3v) is 2.44. The first kappa shape index (κ1) is 11.2. The van der Waals surface area contributed by atoms with Crippen molar-refractivity contribution in [2.24, 2.45) is 0 Å². The monoisotopic (exact) mass is 211 g/mol. The number of carbonyl (C=O) groups is 1. The zero-order valence-electron chi connectivity index (χ0n) is 7.90. The lowest BCUT2D eigenvalue weighted by atomic mass is 10.0. The average Bonchev–Trinajstić information content (AvgIpc) is 2.71. The van der Waals surface area contributed by atoms with Gasteiger partial charge in [0.05, 0.1) is 6.04 Å². The number of carbonyl (C=O) groups excluding carboxylic acids is 1. The second-order valence-corrected chi connectivity index (χ2v) is 3.38. The van der Waals surface area contributed by atoms with Gasteiger partial charge in [-0.05, 0) is 19.4 Å². The molecule has 1 fully saturated rings. The van der Waals surface area contributed by atoms with Gasteiger partial charge in [-0.25, -0.2) is 0 Å². The molecule has 1 aromatic rings. The summed E-state index contributed by atoms with van der Waals surface area (Å²) >= 11 is 0. The molecule has 1 atom stereocenters. The van der Waals surface area contributed by atoms with Crippen LogP contribution in [0.3, 0.4) is 0 Å². The molecule has 0 radical (unpaired) electrons. The second kappa shape index (κ2) is 5.13. The highest BCUT2D eigenvalue weighted by Gasteiger charge is 2.22. The molecule has 1 aliphatic rings. The fraction of sp³-hybridized carbons (Fsp3) is 0.364. The molecule has 2 nitrogen and oxygen atoms in total. The molecular formula is C11H14ClNO. The van der Waals surface area contributed by atoms with Crippen molar-refractivity contribution < 1.29 is 4.79 Å². The highest BCUT2D eigenvalue weighted by molar-refractivity contribution is 6.00. The standard InChI is InChI=1S/C11H13NO.ClH/c13-11(10-7-4-8-12-10)9-5-2-1-3-6-9;/h1-3,5-6,10,12H,4,7-8H2;1H/t10-;/m0./s1.